The highest BCUT2D eigenvalue weighted by atomic mass is 16.5. The Labute approximate surface area is 103 Å². The molecule has 0 amide bonds. The predicted octanol–water partition coefficient (Wildman–Crippen LogP) is 1.26. The summed E-state index contributed by atoms with van der Waals surface area (Å²) in [7, 11) is 1.63. The fraction of sp³-hybridized carbons (Fsp3) is 0.615. The van der Waals surface area contributed by atoms with Gasteiger partial charge in [-0.3, -0.25) is 4.90 Å². The standard InChI is InChI=1S/C13H21N3O/c1-10-8-16(6-5-12(10)14)9-11-3-4-13(17-2)15-7-11/h3-4,7,10,12H,5-6,8-9,14H2,1-2H3. The Kier molecular flexibility index (Phi) is 3.97. The van der Waals surface area contributed by atoms with Gasteiger partial charge in [0, 0.05) is 31.4 Å². The molecule has 0 spiro atoms. The summed E-state index contributed by atoms with van der Waals surface area (Å²) in [6.45, 7) is 5.34. The van der Waals surface area contributed by atoms with Gasteiger partial charge in [-0.05, 0) is 24.4 Å². The molecule has 17 heavy (non-hydrogen) atoms. The number of rotatable bonds is 3. The van der Waals surface area contributed by atoms with Crippen molar-refractivity contribution in [1.82, 2.24) is 9.88 Å². The summed E-state index contributed by atoms with van der Waals surface area (Å²) in [5.74, 6) is 1.25. The lowest BCUT2D eigenvalue weighted by Crippen LogP contribution is -2.45. The van der Waals surface area contributed by atoms with Gasteiger partial charge in [0.2, 0.25) is 5.88 Å². The third-order valence-electron chi connectivity index (χ3n) is 3.47. The van der Waals surface area contributed by atoms with Crippen molar-refractivity contribution in [3.05, 3.63) is 23.9 Å². The van der Waals surface area contributed by atoms with Crippen LogP contribution in [0.25, 0.3) is 0 Å². The molecule has 2 rings (SSSR count). The molecule has 2 N–H and O–H groups in total. The van der Waals surface area contributed by atoms with Crippen molar-refractivity contribution >= 4 is 0 Å². The van der Waals surface area contributed by atoms with Gasteiger partial charge < -0.3 is 10.5 Å². The van der Waals surface area contributed by atoms with Gasteiger partial charge in [-0.15, -0.1) is 0 Å². The van der Waals surface area contributed by atoms with E-state index in [2.05, 4.69) is 22.9 Å². The molecule has 1 aliphatic heterocycles. The number of likely N-dealkylation sites (tertiary alicyclic amines) is 1. The third-order valence-corrected chi connectivity index (χ3v) is 3.47. The molecule has 1 aromatic rings. The number of nitrogens with two attached hydrogens (primary N) is 1. The maximum absolute atomic E-state index is 6.02. The summed E-state index contributed by atoms with van der Waals surface area (Å²) in [5.41, 5.74) is 7.25. The molecule has 0 radical (unpaired) electrons. The molecule has 2 atom stereocenters. The zero-order valence-electron chi connectivity index (χ0n) is 10.6. The van der Waals surface area contributed by atoms with E-state index in [9.17, 15) is 0 Å². The number of pyridine rings is 1. The quantitative estimate of drug-likeness (QED) is 0.857. The minimum atomic E-state index is 0.361. The molecular weight excluding hydrogens is 214 g/mol. The topological polar surface area (TPSA) is 51.4 Å². The second kappa shape index (κ2) is 5.47. The molecule has 4 heteroatoms. The van der Waals surface area contributed by atoms with Gasteiger partial charge in [-0.1, -0.05) is 13.0 Å². The first kappa shape index (κ1) is 12.3. The van der Waals surface area contributed by atoms with Crippen LogP contribution in [0, 0.1) is 5.92 Å². The number of piperidine rings is 1. The van der Waals surface area contributed by atoms with Crippen LogP contribution in [-0.2, 0) is 6.54 Å². The van der Waals surface area contributed by atoms with E-state index in [1.54, 1.807) is 7.11 Å². The van der Waals surface area contributed by atoms with Gasteiger partial charge in [0.1, 0.15) is 0 Å². The average molecular weight is 235 g/mol. The molecule has 1 fully saturated rings. The highest BCUT2D eigenvalue weighted by Crippen LogP contribution is 2.17. The van der Waals surface area contributed by atoms with E-state index in [0.29, 0.717) is 17.8 Å². The SMILES string of the molecule is COc1ccc(CN2CCC(N)C(C)C2)cn1. The van der Waals surface area contributed by atoms with E-state index in [4.69, 9.17) is 10.5 Å². The molecule has 2 unspecified atom stereocenters. The first-order valence-corrected chi connectivity index (χ1v) is 6.16. The molecule has 1 aliphatic rings. The van der Waals surface area contributed by atoms with Crippen LogP contribution in [0.4, 0.5) is 0 Å². The summed E-state index contributed by atoms with van der Waals surface area (Å²) in [6, 6.07) is 4.35. The number of hydrogen-bond acceptors (Lipinski definition) is 4. The van der Waals surface area contributed by atoms with Crippen molar-refractivity contribution < 1.29 is 4.74 Å². The van der Waals surface area contributed by atoms with Gasteiger partial charge in [-0.2, -0.15) is 0 Å². The molecule has 0 bridgehead atoms. The maximum atomic E-state index is 6.02. The lowest BCUT2D eigenvalue weighted by Gasteiger charge is -2.35. The molecule has 0 aliphatic carbocycles. The van der Waals surface area contributed by atoms with Crippen LogP contribution in [-0.4, -0.2) is 36.1 Å². The van der Waals surface area contributed by atoms with Crippen LogP contribution in [0.15, 0.2) is 18.3 Å². The van der Waals surface area contributed by atoms with E-state index in [1.165, 1.54) is 5.56 Å². The predicted molar refractivity (Wildman–Crippen MR) is 67.8 cm³/mol. The summed E-state index contributed by atoms with van der Waals surface area (Å²) in [5, 5.41) is 0. The van der Waals surface area contributed by atoms with Crippen molar-refractivity contribution in [2.75, 3.05) is 20.2 Å². The van der Waals surface area contributed by atoms with Crippen LogP contribution < -0.4 is 10.5 Å². The van der Waals surface area contributed by atoms with Gasteiger partial charge in [-0.25, -0.2) is 4.98 Å². The molecule has 2 heterocycles. The molecule has 0 aromatic carbocycles. The minimum Gasteiger partial charge on any atom is -0.481 e. The fourth-order valence-electron chi connectivity index (χ4n) is 2.28. The number of methoxy groups -OCH3 is 1. The second-order valence-corrected chi connectivity index (χ2v) is 4.87. The normalized spacial score (nSPS) is 25.8. The second-order valence-electron chi connectivity index (χ2n) is 4.87. The van der Waals surface area contributed by atoms with Crippen LogP contribution in [0.5, 0.6) is 5.88 Å². The van der Waals surface area contributed by atoms with Crippen LogP contribution in [0.2, 0.25) is 0 Å². The summed E-state index contributed by atoms with van der Waals surface area (Å²) in [6.07, 6.45) is 2.97. The van der Waals surface area contributed by atoms with Crippen molar-refractivity contribution in [2.45, 2.75) is 25.9 Å². The van der Waals surface area contributed by atoms with Crippen molar-refractivity contribution in [3.8, 4) is 5.88 Å². The number of hydrogen-bond donors (Lipinski definition) is 1. The summed E-state index contributed by atoms with van der Waals surface area (Å²) in [4.78, 5) is 6.67. The first-order chi connectivity index (χ1) is 8.19. The number of aromatic nitrogens is 1. The maximum Gasteiger partial charge on any atom is 0.212 e. The Bertz CT molecular complexity index is 352. The van der Waals surface area contributed by atoms with Gasteiger partial charge in [0.25, 0.3) is 0 Å². The Morgan fingerprint density at radius 3 is 2.94 bits per heavy atom. The van der Waals surface area contributed by atoms with Crippen molar-refractivity contribution in [3.63, 3.8) is 0 Å². The molecule has 4 nitrogen and oxygen atoms in total. The Balaban J connectivity index is 1.92. The Morgan fingerprint density at radius 2 is 2.35 bits per heavy atom. The van der Waals surface area contributed by atoms with Crippen LogP contribution >= 0.6 is 0 Å². The lowest BCUT2D eigenvalue weighted by atomic mass is 9.94. The van der Waals surface area contributed by atoms with E-state index >= 15 is 0 Å². The zero-order chi connectivity index (χ0) is 12.3. The largest absolute Gasteiger partial charge is 0.481 e. The summed E-state index contributed by atoms with van der Waals surface area (Å²) >= 11 is 0. The molecule has 94 valence electrons. The zero-order valence-corrected chi connectivity index (χ0v) is 10.6. The van der Waals surface area contributed by atoms with E-state index in [0.717, 1.165) is 26.1 Å². The molecule has 1 aromatic heterocycles. The first-order valence-electron chi connectivity index (χ1n) is 6.16. The average Bonchev–Trinajstić information content (AvgIpc) is 2.35. The molecular formula is C13H21N3O. The Hall–Kier alpha value is -1.13. The third kappa shape index (κ3) is 3.17. The molecule has 0 saturated carbocycles. The Morgan fingerprint density at radius 1 is 1.53 bits per heavy atom. The minimum absolute atomic E-state index is 0.361. The lowest BCUT2D eigenvalue weighted by molar-refractivity contribution is 0.157. The highest BCUT2D eigenvalue weighted by molar-refractivity contribution is 5.17. The van der Waals surface area contributed by atoms with Gasteiger partial charge in [0.15, 0.2) is 0 Å². The highest BCUT2D eigenvalue weighted by Gasteiger charge is 2.22. The van der Waals surface area contributed by atoms with Crippen LogP contribution in [0.3, 0.4) is 0 Å². The van der Waals surface area contributed by atoms with E-state index in [-0.39, 0.29) is 0 Å². The smallest absolute Gasteiger partial charge is 0.212 e. The van der Waals surface area contributed by atoms with Crippen molar-refractivity contribution in [2.24, 2.45) is 11.7 Å². The number of nitrogens with zero attached hydrogens (tertiary/aromatic N) is 2. The van der Waals surface area contributed by atoms with Crippen molar-refractivity contribution in [1.29, 1.82) is 0 Å². The molecule has 1 saturated heterocycles. The van der Waals surface area contributed by atoms with Crippen LogP contribution in [0.1, 0.15) is 18.9 Å². The van der Waals surface area contributed by atoms with Gasteiger partial charge >= 0.3 is 0 Å². The number of ether oxygens (including phenoxy) is 1. The van der Waals surface area contributed by atoms with E-state index < -0.39 is 0 Å². The summed E-state index contributed by atoms with van der Waals surface area (Å²) < 4.78 is 5.05. The monoisotopic (exact) mass is 235 g/mol. The van der Waals surface area contributed by atoms with Gasteiger partial charge in [0.05, 0.1) is 7.11 Å². The fourth-order valence-corrected chi connectivity index (χ4v) is 2.28. The van der Waals surface area contributed by atoms with E-state index in [1.807, 2.05) is 12.3 Å².